The van der Waals surface area contributed by atoms with Gasteiger partial charge in [-0.3, -0.25) is 4.98 Å². The largest absolute Gasteiger partial charge is 0.261 e. The van der Waals surface area contributed by atoms with E-state index in [1.54, 1.807) is 0 Å². The molecular weight excluding hydrogens is 266 g/mol. The van der Waals surface area contributed by atoms with E-state index < -0.39 is 0 Å². The Morgan fingerprint density at radius 3 is 2.55 bits per heavy atom. The van der Waals surface area contributed by atoms with Gasteiger partial charge in [0.05, 0.1) is 0 Å². The van der Waals surface area contributed by atoms with Gasteiger partial charge in [0.2, 0.25) is 0 Å². The van der Waals surface area contributed by atoms with Crippen LogP contribution in [0.3, 0.4) is 0 Å². The van der Waals surface area contributed by atoms with Gasteiger partial charge in [-0.25, -0.2) is 0 Å². The van der Waals surface area contributed by atoms with Gasteiger partial charge in [-0.1, -0.05) is 37.3 Å². The molecule has 1 aromatic carbocycles. The zero-order valence-corrected chi connectivity index (χ0v) is 14.3. The van der Waals surface area contributed by atoms with Crippen molar-refractivity contribution in [3.05, 3.63) is 76.1 Å². The first kappa shape index (κ1) is 16.2. The van der Waals surface area contributed by atoms with Crippen LogP contribution in [-0.2, 0) is 6.42 Å². The lowest BCUT2D eigenvalue weighted by atomic mass is 9.92. The van der Waals surface area contributed by atoms with Crippen molar-refractivity contribution in [1.29, 1.82) is 0 Å². The normalized spacial score (nSPS) is 12.6. The highest BCUT2D eigenvalue weighted by atomic mass is 14.7. The Labute approximate surface area is 134 Å². The Balaban J connectivity index is 2.43. The summed E-state index contributed by atoms with van der Waals surface area (Å²) in [6, 6.07) is 10.9. The molecule has 1 aromatic heterocycles. The molecule has 1 heterocycles. The van der Waals surface area contributed by atoms with E-state index in [0.717, 1.165) is 12.1 Å². The minimum absolute atomic E-state index is 1.07. The Morgan fingerprint density at radius 2 is 1.95 bits per heavy atom. The second kappa shape index (κ2) is 7.22. The average molecular weight is 291 g/mol. The van der Waals surface area contributed by atoms with Crippen molar-refractivity contribution < 1.29 is 0 Å². The molecule has 1 nitrogen and oxygen atoms in total. The Hall–Kier alpha value is -2.15. The topological polar surface area (TPSA) is 12.9 Å². The molecule has 114 valence electrons. The van der Waals surface area contributed by atoms with Crippen LogP contribution in [0, 0.1) is 13.8 Å². The summed E-state index contributed by atoms with van der Waals surface area (Å²) in [5, 5.41) is 0. The third-order valence-electron chi connectivity index (χ3n) is 4.12. The highest BCUT2D eigenvalue weighted by Crippen LogP contribution is 2.28. The van der Waals surface area contributed by atoms with Crippen molar-refractivity contribution in [2.75, 3.05) is 0 Å². The van der Waals surface area contributed by atoms with E-state index in [1.165, 1.54) is 33.4 Å². The minimum Gasteiger partial charge on any atom is -0.261 e. The number of nitrogens with zero attached hydrogens (tertiary/aromatic N) is 1. The van der Waals surface area contributed by atoms with E-state index in [1.807, 2.05) is 12.3 Å². The number of benzene rings is 1. The summed E-state index contributed by atoms with van der Waals surface area (Å²) >= 11 is 0. The van der Waals surface area contributed by atoms with Crippen molar-refractivity contribution in [3.63, 3.8) is 0 Å². The van der Waals surface area contributed by atoms with Crippen molar-refractivity contribution in [1.82, 2.24) is 4.98 Å². The molecule has 0 radical (unpaired) electrons. The first-order valence-electron chi connectivity index (χ1n) is 7.93. The average Bonchev–Trinajstić information content (AvgIpc) is 2.51. The van der Waals surface area contributed by atoms with Crippen molar-refractivity contribution in [2.24, 2.45) is 0 Å². The number of aryl methyl sites for hydroxylation is 3. The molecule has 0 aliphatic heterocycles. The van der Waals surface area contributed by atoms with Gasteiger partial charge in [0, 0.05) is 11.9 Å². The lowest BCUT2D eigenvalue weighted by molar-refractivity contribution is 1.13. The van der Waals surface area contributed by atoms with E-state index in [9.17, 15) is 0 Å². The predicted octanol–water partition coefficient (Wildman–Crippen LogP) is 5.77. The van der Waals surface area contributed by atoms with Gasteiger partial charge in [-0.2, -0.15) is 0 Å². The molecule has 0 N–H and O–H groups in total. The van der Waals surface area contributed by atoms with Gasteiger partial charge in [0.25, 0.3) is 0 Å². The van der Waals surface area contributed by atoms with E-state index in [4.69, 9.17) is 0 Å². The van der Waals surface area contributed by atoms with Crippen LogP contribution in [0.2, 0.25) is 0 Å². The molecule has 0 amide bonds. The van der Waals surface area contributed by atoms with E-state index in [-0.39, 0.29) is 0 Å². The number of aromatic nitrogens is 1. The molecule has 0 aliphatic rings. The van der Waals surface area contributed by atoms with E-state index in [2.05, 4.69) is 76.0 Å². The molecule has 0 unspecified atom stereocenters. The molecule has 0 fully saturated rings. The first-order chi connectivity index (χ1) is 10.6. The summed E-state index contributed by atoms with van der Waals surface area (Å²) < 4.78 is 0. The molecule has 1 heteroatoms. The van der Waals surface area contributed by atoms with Crippen molar-refractivity contribution >= 4 is 11.6 Å². The zero-order chi connectivity index (χ0) is 16.1. The van der Waals surface area contributed by atoms with Crippen LogP contribution in [0.5, 0.6) is 0 Å². The van der Waals surface area contributed by atoms with Crippen molar-refractivity contribution in [2.45, 2.75) is 41.0 Å². The first-order valence-corrected chi connectivity index (χ1v) is 7.93. The van der Waals surface area contributed by atoms with Crippen LogP contribution in [0.25, 0.3) is 11.6 Å². The highest BCUT2D eigenvalue weighted by Gasteiger charge is 2.08. The van der Waals surface area contributed by atoms with Gasteiger partial charge in [-0.05, 0) is 79.7 Å². The Kier molecular flexibility index (Phi) is 5.32. The second-order valence-electron chi connectivity index (χ2n) is 5.71. The lowest BCUT2D eigenvalue weighted by Gasteiger charge is -2.13. The third-order valence-corrected chi connectivity index (χ3v) is 4.12. The molecule has 2 aromatic rings. The summed E-state index contributed by atoms with van der Waals surface area (Å²) in [5.41, 5.74) is 8.85. The maximum atomic E-state index is 4.37. The van der Waals surface area contributed by atoms with Gasteiger partial charge in [-0.15, -0.1) is 0 Å². The molecule has 0 saturated heterocycles. The molecule has 0 saturated carbocycles. The minimum atomic E-state index is 1.07. The van der Waals surface area contributed by atoms with Crippen LogP contribution in [-0.4, -0.2) is 4.98 Å². The Morgan fingerprint density at radius 1 is 1.18 bits per heavy atom. The monoisotopic (exact) mass is 291 g/mol. The smallest absolute Gasteiger partial charge is 0.0444 e. The summed E-state index contributed by atoms with van der Waals surface area (Å²) in [5.74, 6) is 0. The zero-order valence-electron chi connectivity index (χ0n) is 14.3. The number of hydrogen-bond donors (Lipinski definition) is 0. The van der Waals surface area contributed by atoms with Gasteiger partial charge in [0.15, 0.2) is 0 Å². The highest BCUT2D eigenvalue weighted by molar-refractivity contribution is 5.85. The van der Waals surface area contributed by atoms with E-state index >= 15 is 0 Å². The lowest BCUT2D eigenvalue weighted by Crippen LogP contribution is -1.94. The third kappa shape index (κ3) is 3.54. The number of pyridine rings is 1. The van der Waals surface area contributed by atoms with Gasteiger partial charge >= 0.3 is 0 Å². The summed E-state index contributed by atoms with van der Waals surface area (Å²) in [6.07, 6.45) is 7.35. The number of rotatable bonds is 4. The van der Waals surface area contributed by atoms with E-state index in [0.29, 0.717) is 0 Å². The fraction of sp³-hybridized carbons (Fsp3) is 0.286. The van der Waals surface area contributed by atoms with Crippen LogP contribution < -0.4 is 0 Å². The van der Waals surface area contributed by atoms with Crippen LogP contribution in [0.4, 0.5) is 0 Å². The fourth-order valence-electron chi connectivity index (χ4n) is 2.80. The molecular formula is C21H25N. The summed E-state index contributed by atoms with van der Waals surface area (Å²) in [6.45, 7) is 10.7. The van der Waals surface area contributed by atoms with Crippen LogP contribution in [0.15, 0.2) is 48.2 Å². The quantitative estimate of drug-likeness (QED) is 0.652. The van der Waals surface area contributed by atoms with Crippen molar-refractivity contribution in [3.8, 4) is 0 Å². The second-order valence-corrected chi connectivity index (χ2v) is 5.71. The Bertz CT molecular complexity index is 720. The maximum absolute atomic E-state index is 4.37. The summed E-state index contributed by atoms with van der Waals surface area (Å²) in [7, 11) is 0. The molecule has 0 spiro atoms. The molecule has 0 atom stereocenters. The predicted molar refractivity (Wildman–Crippen MR) is 96.8 cm³/mol. The van der Waals surface area contributed by atoms with Gasteiger partial charge < -0.3 is 0 Å². The summed E-state index contributed by atoms with van der Waals surface area (Å²) in [4.78, 5) is 4.37. The molecule has 0 bridgehead atoms. The van der Waals surface area contributed by atoms with Gasteiger partial charge in [0.1, 0.15) is 0 Å². The SMILES string of the molecule is C/C=C(/C(C)=C/c1cccnc1C)c1ccc(CC)cc1C. The van der Waals surface area contributed by atoms with Crippen LogP contribution in [0.1, 0.15) is 48.7 Å². The number of allylic oxidation sites excluding steroid dienone is 3. The molecule has 0 aliphatic carbocycles. The number of hydrogen-bond acceptors (Lipinski definition) is 1. The molecule has 22 heavy (non-hydrogen) atoms. The maximum Gasteiger partial charge on any atom is 0.0444 e. The standard InChI is InChI=1S/C21H25N/c1-6-18-10-11-21(15(3)13-18)20(7-2)16(4)14-19-9-8-12-22-17(19)5/h7-14H,6H2,1-5H3/b16-14+,20-7-. The fourth-order valence-corrected chi connectivity index (χ4v) is 2.80. The molecule has 2 rings (SSSR count). The van der Waals surface area contributed by atoms with Crippen LogP contribution >= 0.6 is 0 Å².